The summed E-state index contributed by atoms with van der Waals surface area (Å²) in [5, 5.41) is 12.6. The van der Waals surface area contributed by atoms with Crippen molar-refractivity contribution in [3.63, 3.8) is 0 Å². The Labute approximate surface area is 82.0 Å². The Balaban J connectivity index is 3.20. The summed E-state index contributed by atoms with van der Waals surface area (Å²) in [5.74, 6) is 1.06. The Morgan fingerprint density at radius 3 is 2.77 bits per heavy atom. The summed E-state index contributed by atoms with van der Waals surface area (Å²) in [6, 6.07) is 0. The van der Waals surface area contributed by atoms with E-state index in [1.54, 1.807) is 16.4 Å². The average Bonchev–Trinajstić information content (AvgIpc) is 2.27. The molecule has 1 rings (SSSR count). The molecule has 0 amide bonds. The summed E-state index contributed by atoms with van der Waals surface area (Å²) < 4.78 is 1.78. The van der Waals surface area contributed by atoms with Gasteiger partial charge in [0.25, 0.3) is 0 Å². The van der Waals surface area contributed by atoms with Crippen molar-refractivity contribution in [2.24, 2.45) is 12.8 Å². The number of rotatable bonds is 3. The Bertz CT molecular complexity index is 329. The number of nitrogens with two attached hydrogens (primary N) is 1. The van der Waals surface area contributed by atoms with Crippen molar-refractivity contribution < 1.29 is 0 Å². The van der Waals surface area contributed by atoms with Gasteiger partial charge in [0.2, 0.25) is 0 Å². The number of aryl methyl sites for hydroxylation is 2. The molecule has 0 aliphatic rings. The molecule has 1 aromatic rings. The van der Waals surface area contributed by atoms with Gasteiger partial charge in [-0.15, -0.1) is 11.8 Å². The minimum absolute atomic E-state index is 0.0987. The second-order valence-corrected chi connectivity index (χ2v) is 3.99. The first kappa shape index (κ1) is 10.1. The maximum atomic E-state index is 7.42. The van der Waals surface area contributed by atoms with Gasteiger partial charge in [0, 0.05) is 7.05 Å². The van der Waals surface area contributed by atoms with E-state index < -0.39 is 0 Å². The Morgan fingerprint density at radius 1 is 1.69 bits per heavy atom. The summed E-state index contributed by atoms with van der Waals surface area (Å²) in [5.41, 5.74) is 7.07. The van der Waals surface area contributed by atoms with Crippen molar-refractivity contribution in [2.75, 3.05) is 5.75 Å². The first-order chi connectivity index (χ1) is 6.07. The fraction of sp³-hybridized carbons (Fsp3) is 0.500. The van der Waals surface area contributed by atoms with Gasteiger partial charge in [0.15, 0.2) is 0 Å². The first-order valence-electron chi connectivity index (χ1n) is 4.08. The van der Waals surface area contributed by atoms with Gasteiger partial charge in [0.05, 0.1) is 11.3 Å². The smallest absolute Gasteiger partial charge is 0.127 e. The van der Waals surface area contributed by atoms with Gasteiger partial charge in [-0.1, -0.05) is 6.92 Å². The molecule has 72 valence electrons. The summed E-state index contributed by atoms with van der Waals surface area (Å²) >= 11 is 1.66. The highest BCUT2D eigenvalue weighted by Gasteiger charge is 2.14. The van der Waals surface area contributed by atoms with Crippen LogP contribution in [0.4, 0.5) is 0 Å². The van der Waals surface area contributed by atoms with Crippen molar-refractivity contribution in [3.05, 3.63) is 11.3 Å². The molecule has 4 nitrogen and oxygen atoms in total. The van der Waals surface area contributed by atoms with Crippen molar-refractivity contribution in [3.8, 4) is 0 Å². The molecule has 5 heteroatoms. The number of nitrogen functional groups attached to an aromatic ring is 1. The van der Waals surface area contributed by atoms with E-state index >= 15 is 0 Å². The molecule has 0 unspecified atom stereocenters. The molecule has 0 fully saturated rings. The van der Waals surface area contributed by atoms with Crippen LogP contribution in [0.1, 0.15) is 18.2 Å². The van der Waals surface area contributed by atoms with Crippen LogP contribution in [0.2, 0.25) is 0 Å². The van der Waals surface area contributed by atoms with Crippen molar-refractivity contribution >= 4 is 17.6 Å². The van der Waals surface area contributed by atoms with E-state index in [0.29, 0.717) is 0 Å². The van der Waals surface area contributed by atoms with E-state index in [1.165, 1.54) is 0 Å². The highest BCUT2D eigenvalue weighted by Crippen LogP contribution is 2.23. The van der Waals surface area contributed by atoms with Crippen LogP contribution in [-0.2, 0) is 7.05 Å². The molecule has 0 bridgehead atoms. The zero-order chi connectivity index (χ0) is 10.0. The first-order valence-corrected chi connectivity index (χ1v) is 5.07. The van der Waals surface area contributed by atoms with Crippen LogP contribution in [-0.4, -0.2) is 21.4 Å². The van der Waals surface area contributed by atoms with E-state index in [1.807, 2.05) is 14.0 Å². The van der Waals surface area contributed by atoms with Gasteiger partial charge in [-0.05, 0) is 12.7 Å². The van der Waals surface area contributed by atoms with Crippen LogP contribution in [0, 0.1) is 12.3 Å². The van der Waals surface area contributed by atoms with Crippen LogP contribution < -0.4 is 5.73 Å². The number of aromatic nitrogens is 2. The molecular weight excluding hydrogens is 184 g/mol. The maximum absolute atomic E-state index is 7.42. The lowest BCUT2D eigenvalue weighted by Crippen LogP contribution is -2.13. The summed E-state index contributed by atoms with van der Waals surface area (Å²) in [7, 11) is 1.87. The summed E-state index contributed by atoms with van der Waals surface area (Å²) in [6.07, 6.45) is 0. The van der Waals surface area contributed by atoms with Crippen LogP contribution >= 0.6 is 11.8 Å². The molecule has 0 atom stereocenters. The van der Waals surface area contributed by atoms with Crippen molar-refractivity contribution in [1.82, 2.24) is 9.78 Å². The van der Waals surface area contributed by atoms with Crippen LogP contribution in [0.15, 0.2) is 5.03 Å². The predicted octanol–water partition coefficient (Wildman–Crippen LogP) is 1.12. The fourth-order valence-electron chi connectivity index (χ4n) is 1.25. The summed E-state index contributed by atoms with van der Waals surface area (Å²) in [4.78, 5) is 0. The van der Waals surface area contributed by atoms with Crippen molar-refractivity contribution in [1.29, 1.82) is 5.41 Å². The second-order valence-electron chi connectivity index (χ2n) is 2.74. The van der Waals surface area contributed by atoms with Gasteiger partial charge in [-0.25, -0.2) is 0 Å². The van der Waals surface area contributed by atoms with Gasteiger partial charge in [-0.2, -0.15) is 5.10 Å². The van der Waals surface area contributed by atoms with Gasteiger partial charge >= 0.3 is 0 Å². The van der Waals surface area contributed by atoms with E-state index in [0.717, 1.165) is 22.0 Å². The third kappa shape index (κ3) is 1.85. The normalized spacial score (nSPS) is 10.4. The zero-order valence-electron chi connectivity index (χ0n) is 8.09. The molecule has 0 aliphatic carbocycles. The van der Waals surface area contributed by atoms with Gasteiger partial charge in [0.1, 0.15) is 10.9 Å². The highest BCUT2D eigenvalue weighted by molar-refractivity contribution is 7.99. The molecule has 13 heavy (non-hydrogen) atoms. The number of hydrogen-bond donors (Lipinski definition) is 2. The standard InChI is InChI=1S/C8H14N4S/c1-4-13-8-6(7(9)10)5(2)11-12(8)3/h4H2,1-3H3,(H3,9,10). The van der Waals surface area contributed by atoms with E-state index in [-0.39, 0.29) is 5.84 Å². The summed E-state index contributed by atoms with van der Waals surface area (Å²) in [6.45, 7) is 3.94. The van der Waals surface area contributed by atoms with Gasteiger partial charge in [-0.3, -0.25) is 10.1 Å². The number of amidine groups is 1. The zero-order valence-corrected chi connectivity index (χ0v) is 8.90. The molecule has 1 aromatic heterocycles. The molecule has 1 heterocycles. The van der Waals surface area contributed by atoms with E-state index in [9.17, 15) is 0 Å². The lowest BCUT2D eigenvalue weighted by molar-refractivity contribution is 0.692. The molecule has 0 saturated heterocycles. The average molecular weight is 198 g/mol. The van der Waals surface area contributed by atoms with Crippen molar-refractivity contribution in [2.45, 2.75) is 18.9 Å². The quantitative estimate of drug-likeness (QED) is 0.434. The van der Waals surface area contributed by atoms with Crippen LogP contribution in [0.25, 0.3) is 0 Å². The molecule has 3 N–H and O–H groups in total. The Hall–Kier alpha value is -0.970. The minimum Gasteiger partial charge on any atom is -0.384 e. The molecular formula is C8H14N4S. The topological polar surface area (TPSA) is 67.7 Å². The SMILES string of the molecule is CCSc1c(C(=N)N)c(C)nn1C. The lowest BCUT2D eigenvalue weighted by Gasteiger charge is -2.02. The molecule has 0 aromatic carbocycles. The number of nitrogens with zero attached hydrogens (tertiary/aromatic N) is 2. The third-order valence-corrected chi connectivity index (χ3v) is 2.75. The Kier molecular flexibility index (Phi) is 2.98. The molecule has 0 saturated carbocycles. The Morgan fingerprint density at radius 2 is 2.31 bits per heavy atom. The van der Waals surface area contributed by atoms with Gasteiger partial charge < -0.3 is 5.73 Å². The molecule has 0 aliphatic heterocycles. The largest absolute Gasteiger partial charge is 0.384 e. The molecule has 0 radical (unpaired) electrons. The number of thioether (sulfide) groups is 1. The predicted molar refractivity (Wildman–Crippen MR) is 55.4 cm³/mol. The third-order valence-electron chi connectivity index (χ3n) is 1.72. The van der Waals surface area contributed by atoms with Crippen LogP contribution in [0.3, 0.4) is 0 Å². The van der Waals surface area contributed by atoms with E-state index in [4.69, 9.17) is 11.1 Å². The monoisotopic (exact) mass is 198 g/mol. The number of nitrogens with one attached hydrogen (secondary N) is 1. The molecule has 0 spiro atoms. The fourth-order valence-corrected chi connectivity index (χ4v) is 2.15. The number of hydrogen-bond acceptors (Lipinski definition) is 3. The highest BCUT2D eigenvalue weighted by atomic mass is 32.2. The van der Waals surface area contributed by atoms with E-state index in [2.05, 4.69) is 12.0 Å². The van der Waals surface area contributed by atoms with Crippen LogP contribution in [0.5, 0.6) is 0 Å². The minimum atomic E-state index is 0.0987. The second kappa shape index (κ2) is 3.83. The maximum Gasteiger partial charge on any atom is 0.127 e. The lowest BCUT2D eigenvalue weighted by atomic mass is 10.2.